The molecule has 4 rings (SSSR count). The molecular formula is C21H21ClN2O3S. The topological polar surface area (TPSA) is 68.2 Å². The zero-order chi connectivity index (χ0) is 19.9. The number of anilines is 1. The molecule has 0 unspecified atom stereocenters. The van der Waals surface area contributed by atoms with Crippen LogP contribution in [0.5, 0.6) is 0 Å². The normalized spacial score (nSPS) is 15.2. The average Bonchev–Trinajstić information content (AvgIpc) is 3.31. The van der Waals surface area contributed by atoms with Gasteiger partial charge in [-0.2, -0.15) is 0 Å². The van der Waals surface area contributed by atoms with Crippen molar-refractivity contribution in [2.45, 2.75) is 35.8 Å². The zero-order valence-corrected chi connectivity index (χ0v) is 17.1. The number of benzene rings is 2. The molecule has 1 amide bonds. The lowest BCUT2D eigenvalue weighted by atomic mass is 10.2. The van der Waals surface area contributed by atoms with Crippen LogP contribution in [0.1, 0.15) is 36.2 Å². The number of nitrogens with one attached hydrogen (secondary N) is 1. The standard InChI is InChI=1S/C21H21ClN2O3S/c1-24-18-12-5-4-11-17(18)19(22)20(24)21(25)23-14-7-6-10-16(13-14)28(26,27)15-8-2-3-9-15/h4-7,10-13,15H,2-3,8-9H2,1H3,(H,23,25). The molecule has 1 N–H and O–H groups in total. The number of aromatic nitrogens is 1. The maximum absolute atomic E-state index is 12.9. The summed E-state index contributed by atoms with van der Waals surface area (Å²) in [5.74, 6) is -0.376. The van der Waals surface area contributed by atoms with Gasteiger partial charge in [-0.3, -0.25) is 4.79 Å². The summed E-state index contributed by atoms with van der Waals surface area (Å²) in [6.07, 6.45) is 3.29. The van der Waals surface area contributed by atoms with E-state index in [-0.39, 0.29) is 16.1 Å². The van der Waals surface area contributed by atoms with Crippen LogP contribution < -0.4 is 5.32 Å². The van der Waals surface area contributed by atoms with E-state index in [1.54, 1.807) is 29.8 Å². The third-order valence-electron chi connectivity index (χ3n) is 5.42. The highest BCUT2D eigenvalue weighted by atomic mass is 35.5. The van der Waals surface area contributed by atoms with Crippen molar-refractivity contribution in [3.05, 3.63) is 59.2 Å². The number of halogens is 1. The number of aryl methyl sites for hydroxylation is 1. The van der Waals surface area contributed by atoms with Gasteiger partial charge < -0.3 is 9.88 Å². The van der Waals surface area contributed by atoms with E-state index in [9.17, 15) is 13.2 Å². The number of amides is 1. The van der Waals surface area contributed by atoms with Crippen molar-refractivity contribution in [2.75, 3.05) is 5.32 Å². The molecule has 0 bridgehead atoms. The van der Waals surface area contributed by atoms with Gasteiger partial charge >= 0.3 is 0 Å². The summed E-state index contributed by atoms with van der Waals surface area (Å²) in [5, 5.41) is 3.65. The Hall–Kier alpha value is -2.31. The van der Waals surface area contributed by atoms with E-state index >= 15 is 0 Å². The molecule has 0 atom stereocenters. The Labute approximate surface area is 169 Å². The summed E-state index contributed by atoms with van der Waals surface area (Å²) >= 11 is 6.44. The summed E-state index contributed by atoms with van der Waals surface area (Å²) in [7, 11) is -1.60. The predicted octanol–water partition coefficient (Wildman–Crippen LogP) is 4.80. The van der Waals surface area contributed by atoms with Crippen molar-refractivity contribution in [1.29, 1.82) is 0 Å². The second-order valence-electron chi connectivity index (χ2n) is 7.17. The maximum atomic E-state index is 12.9. The third-order valence-corrected chi connectivity index (χ3v) is 8.06. The average molecular weight is 417 g/mol. The molecule has 1 aliphatic rings. The van der Waals surface area contributed by atoms with Gasteiger partial charge in [0, 0.05) is 23.6 Å². The van der Waals surface area contributed by atoms with E-state index in [0.29, 0.717) is 29.2 Å². The van der Waals surface area contributed by atoms with Crippen molar-refractivity contribution in [2.24, 2.45) is 7.05 Å². The molecule has 0 saturated heterocycles. The monoisotopic (exact) mass is 416 g/mol. The largest absolute Gasteiger partial charge is 0.338 e. The Bertz CT molecular complexity index is 1120. The second kappa shape index (κ2) is 7.26. The lowest BCUT2D eigenvalue weighted by molar-refractivity contribution is 0.102. The number of carbonyl (C=O) groups excluding carboxylic acids is 1. The van der Waals surface area contributed by atoms with Crippen LogP contribution in [0.2, 0.25) is 5.02 Å². The lowest BCUT2D eigenvalue weighted by Gasteiger charge is -2.13. The summed E-state index contributed by atoms with van der Waals surface area (Å²) in [6, 6.07) is 14.0. The minimum atomic E-state index is -3.38. The van der Waals surface area contributed by atoms with Crippen LogP contribution in [0.15, 0.2) is 53.4 Å². The van der Waals surface area contributed by atoms with Crippen LogP contribution in [0.4, 0.5) is 5.69 Å². The Kier molecular flexibility index (Phi) is 4.93. The Morgan fingerprint density at radius 2 is 1.82 bits per heavy atom. The molecule has 1 aromatic heterocycles. The molecule has 28 heavy (non-hydrogen) atoms. The van der Waals surface area contributed by atoms with Gasteiger partial charge in [0.05, 0.1) is 15.2 Å². The van der Waals surface area contributed by atoms with Gasteiger partial charge in [0.1, 0.15) is 5.69 Å². The molecule has 0 aliphatic heterocycles. The Morgan fingerprint density at radius 3 is 2.54 bits per heavy atom. The fraction of sp³-hybridized carbons (Fsp3) is 0.286. The first-order valence-electron chi connectivity index (χ1n) is 9.28. The highest BCUT2D eigenvalue weighted by molar-refractivity contribution is 7.92. The molecule has 3 aromatic rings. The van der Waals surface area contributed by atoms with Gasteiger partial charge in [-0.15, -0.1) is 0 Å². The Balaban J connectivity index is 1.64. The van der Waals surface area contributed by atoms with Crippen LogP contribution in [0.3, 0.4) is 0 Å². The highest BCUT2D eigenvalue weighted by Gasteiger charge is 2.30. The van der Waals surface area contributed by atoms with Gasteiger partial charge in [-0.05, 0) is 37.1 Å². The van der Waals surface area contributed by atoms with Crippen molar-refractivity contribution in [3.8, 4) is 0 Å². The van der Waals surface area contributed by atoms with Crippen LogP contribution in [-0.4, -0.2) is 24.1 Å². The number of sulfone groups is 1. The van der Waals surface area contributed by atoms with Crippen LogP contribution >= 0.6 is 11.6 Å². The van der Waals surface area contributed by atoms with E-state index < -0.39 is 9.84 Å². The SMILES string of the molecule is Cn1c(C(=O)Nc2cccc(S(=O)(=O)C3CCCC3)c2)c(Cl)c2ccccc21. The van der Waals surface area contributed by atoms with Gasteiger partial charge in [0.2, 0.25) is 0 Å². The Morgan fingerprint density at radius 1 is 1.11 bits per heavy atom. The molecule has 146 valence electrons. The molecular weight excluding hydrogens is 396 g/mol. The number of nitrogens with zero attached hydrogens (tertiary/aromatic N) is 1. The first kappa shape index (κ1) is 19.0. The van der Waals surface area contributed by atoms with Gasteiger partial charge in [0.15, 0.2) is 9.84 Å². The second-order valence-corrected chi connectivity index (χ2v) is 9.78. The molecule has 0 radical (unpaired) electrons. The number of para-hydroxylation sites is 1. The van der Waals surface area contributed by atoms with Gasteiger partial charge in [-0.1, -0.05) is 48.7 Å². The molecule has 1 heterocycles. The van der Waals surface area contributed by atoms with E-state index in [2.05, 4.69) is 5.32 Å². The molecule has 7 heteroatoms. The zero-order valence-electron chi connectivity index (χ0n) is 15.5. The molecule has 1 fully saturated rings. The summed E-state index contributed by atoms with van der Waals surface area (Å²) in [4.78, 5) is 13.1. The minimum Gasteiger partial charge on any atom is -0.338 e. The summed E-state index contributed by atoms with van der Waals surface area (Å²) in [5.41, 5.74) is 1.63. The highest BCUT2D eigenvalue weighted by Crippen LogP contribution is 2.32. The van der Waals surface area contributed by atoms with Crippen molar-refractivity contribution in [3.63, 3.8) is 0 Å². The molecule has 1 aliphatic carbocycles. The predicted molar refractivity (Wildman–Crippen MR) is 112 cm³/mol. The van der Waals surface area contributed by atoms with Gasteiger partial charge in [-0.25, -0.2) is 8.42 Å². The number of rotatable bonds is 4. The van der Waals surface area contributed by atoms with Crippen LogP contribution in [-0.2, 0) is 16.9 Å². The lowest BCUT2D eigenvalue weighted by Crippen LogP contribution is -2.19. The van der Waals surface area contributed by atoms with Gasteiger partial charge in [0.25, 0.3) is 5.91 Å². The van der Waals surface area contributed by atoms with E-state index in [0.717, 1.165) is 23.7 Å². The molecule has 5 nitrogen and oxygen atoms in total. The van der Waals surface area contributed by atoms with Crippen molar-refractivity contribution < 1.29 is 13.2 Å². The first-order valence-corrected chi connectivity index (χ1v) is 11.2. The fourth-order valence-electron chi connectivity index (χ4n) is 3.93. The number of hydrogen-bond donors (Lipinski definition) is 1. The summed E-state index contributed by atoms with van der Waals surface area (Å²) < 4.78 is 27.4. The van der Waals surface area contributed by atoms with Crippen LogP contribution in [0.25, 0.3) is 10.9 Å². The third kappa shape index (κ3) is 3.20. The maximum Gasteiger partial charge on any atom is 0.273 e. The van der Waals surface area contributed by atoms with E-state index in [1.165, 1.54) is 6.07 Å². The number of hydrogen-bond acceptors (Lipinski definition) is 3. The minimum absolute atomic E-state index is 0.250. The molecule has 1 saturated carbocycles. The van der Waals surface area contributed by atoms with E-state index in [1.807, 2.05) is 24.3 Å². The van der Waals surface area contributed by atoms with E-state index in [4.69, 9.17) is 11.6 Å². The molecule has 0 spiro atoms. The smallest absolute Gasteiger partial charge is 0.273 e. The number of carbonyl (C=O) groups is 1. The fourth-order valence-corrected chi connectivity index (χ4v) is 6.20. The first-order chi connectivity index (χ1) is 13.4. The number of fused-ring (bicyclic) bond motifs is 1. The quantitative estimate of drug-likeness (QED) is 0.664. The van der Waals surface area contributed by atoms with Crippen LogP contribution in [0, 0.1) is 0 Å². The van der Waals surface area contributed by atoms with Crippen molar-refractivity contribution >= 4 is 43.9 Å². The van der Waals surface area contributed by atoms with Crippen molar-refractivity contribution in [1.82, 2.24) is 4.57 Å². The summed E-state index contributed by atoms with van der Waals surface area (Å²) in [6.45, 7) is 0. The molecule has 2 aromatic carbocycles.